The number of rotatable bonds is 4. The minimum absolute atomic E-state index is 0.0407. The normalized spacial score (nSPS) is 18.3. The predicted molar refractivity (Wildman–Crippen MR) is 106 cm³/mol. The Labute approximate surface area is 163 Å². The van der Waals surface area contributed by atoms with E-state index in [0.717, 1.165) is 48.8 Å². The van der Waals surface area contributed by atoms with Crippen LogP contribution in [0.3, 0.4) is 0 Å². The number of hydrogen-bond acceptors (Lipinski definition) is 5. The molecule has 0 radical (unpaired) electrons. The average molecular weight is 382 g/mol. The molecule has 2 aromatic rings. The largest absolute Gasteiger partial charge is 0.497 e. The van der Waals surface area contributed by atoms with Crippen molar-refractivity contribution in [3.8, 4) is 11.8 Å². The standard InChI is InChI=1S/C21H23N3O2S/c1-26-16-4-5-19-18(13-16)21(6-9-23(10-7-21)11-8-22)15-24(19)20(25)14-17-3-2-12-27-17/h2-5,12-13H,6-7,9-11,14-15H2,1H3. The van der Waals surface area contributed by atoms with E-state index in [2.05, 4.69) is 17.0 Å². The van der Waals surface area contributed by atoms with E-state index in [0.29, 0.717) is 13.0 Å². The van der Waals surface area contributed by atoms with E-state index in [-0.39, 0.29) is 11.3 Å². The lowest BCUT2D eigenvalue weighted by atomic mass is 9.74. The molecule has 0 bridgehead atoms. The number of thiophene rings is 1. The van der Waals surface area contributed by atoms with Gasteiger partial charge >= 0.3 is 0 Å². The first-order valence-corrected chi connectivity index (χ1v) is 10.1. The molecule has 0 atom stereocenters. The van der Waals surface area contributed by atoms with Crippen LogP contribution in [0.5, 0.6) is 5.75 Å². The van der Waals surface area contributed by atoms with Crippen LogP contribution in [-0.2, 0) is 16.6 Å². The predicted octanol–water partition coefficient (Wildman–Crippen LogP) is 3.20. The Kier molecular flexibility index (Phi) is 4.90. The number of carbonyl (C=O) groups is 1. The van der Waals surface area contributed by atoms with Crippen molar-refractivity contribution >= 4 is 22.9 Å². The highest BCUT2D eigenvalue weighted by molar-refractivity contribution is 7.10. The number of nitriles is 1. The molecule has 0 saturated carbocycles. The quantitative estimate of drug-likeness (QED) is 0.763. The third-order valence-corrected chi connectivity index (χ3v) is 6.72. The maximum atomic E-state index is 13.1. The summed E-state index contributed by atoms with van der Waals surface area (Å²) in [5.74, 6) is 0.986. The van der Waals surface area contributed by atoms with Crippen molar-refractivity contribution in [1.29, 1.82) is 5.26 Å². The molecule has 4 rings (SSSR count). The fourth-order valence-corrected chi connectivity index (χ4v) is 5.02. The van der Waals surface area contributed by atoms with Crippen molar-refractivity contribution < 1.29 is 9.53 Å². The van der Waals surface area contributed by atoms with Gasteiger partial charge in [0.2, 0.25) is 5.91 Å². The van der Waals surface area contributed by atoms with Crippen LogP contribution in [0, 0.1) is 11.3 Å². The van der Waals surface area contributed by atoms with E-state index in [9.17, 15) is 4.79 Å². The van der Waals surface area contributed by atoms with Crippen LogP contribution >= 0.6 is 11.3 Å². The molecule has 1 aromatic carbocycles. The molecule has 0 aliphatic carbocycles. The number of hydrogen-bond donors (Lipinski definition) is 0. The van der Waals surface area contributed by atoms with Gasteiger partial charge in [0, 0.05) is 35.6 Å². The Morgan fingerprint density at radius 2 is 2.15 bits per heavy atom. The van der Waals surface area contributed by atoms with Gasteiger partial charge in [0.15, 0.2) is 0 Å². The molecule has 0 N–H and O–H groups in total. The number of carbonyl (C=O) groups excluding carboxylic acids is 1. The van der Waals surface area contributed by atoms with Crippen LogP contribution in [0.2, 0.25) is 0 Å². The number of methoxy groups -OCH3 is 1. The third-order valence-electron chi connectivity index (χ3n) is 5.84. The fourth-order valence-electron chi connectivity index (χ4n) is 4.32. The SMILES string of the molecule is COc1ccc2c(c1)C1(CCN(CC#N)CC1)CN2C(=O)Cc1cccs1. The second-order valence-corrected chi connectivity index (χ2v) is 8.37. The summed E-state index contributed by atoms with van der Waals surface area (Å²) in [7, 11) is 1.68. The highest BCUT2D eigenvalue weighted by atomic mass is 32.1. The van der Waals surface area contributed by atoms with Gasteiger partial charge in [-0.25, -0.2) is 0 Å². The first kappa shape index (κ1) is 18.0. The Morgan fingerprint density at radius 3 is 2.81 bits per heavy atom. The van der Waals surface area contributed by atoms with Gasteiger partial charge in [0.05, 0.1) is 26.1 Å². The first-order valence-electron chi connectivity index (χ1n) is 9.26. The summed E-state index contributed by atoms with van der Waals surface area (Å²) in [6.07, 6.45) is 2.36. The second kappa shape index (κ2) is 7.34. The molecule has 6 heteroatoms. The highest BCUT2D eigenvalue weighted by Crippen LogP contribution is 2.48. The van der Waals surface area contributed by atoms with E-state index < -0.39 is 0 Å². The number of anilines is 1. The Bertz CT molecular complexity index is 864. The number of ether oxygens (including phenoxy) is 1. The molecule has 5 nitrogen and oxygen atoms in total. The van der Waals surface area contributed by atoms with Crippen molar-refractivity contribution in [1.82, 2.24) is 4.90 Å². The minimum atomic E-state index is -0.0407. The number of likely N-dealkylation sites (tertiary alicyclic amines) is 1. The van der Waals surface area contributed by atoms with Gasteiger partial charge in [-0.2, -0.15) is 5.26 Å². The zero-order valence-electron chi connectivity index (χ0n) is 15.5. The Balaban J connectivity index is 1.63. The van der Waals surface area contributed by atoms with E-state index >= 15 is 0 Å². The number of nitrogens with zero attached hydrogens (tertiary/aromatic N) is 3. The summed E-state index contributed by atoms with van der Waals surface area (Å²) in [5.41, 5.74) is 2.20. The Morgan fingerprint density at radius 1 is 1.33 bits per heavy atom. The molecule has 1 saturated heterocycles. The number of fused-ring (bicyclic) bond motifs is 2. The van der Waals surface area contributed by atoms with Crippen molar-refractivity contribution in [2.24, 2.45) is 0 Å². The minimum Gasteiger partial charge on any atom is -0.497 e. The molecule has 1 fully saturated rings. The smallest absolute Gasteiger partial charge is 0.232 e. The highest BCUT2D eigenvalue weighted by Gasteiger charge is 2.46. The van der Waals surface area contributed by atoms with Crippen LogP contribution in [0.15, 0.2) is 35.7 Å². The van der Waals surface area contributed by atoms with Crippen LogP contribution < -0.4 is 9.64 Å². The van der Waals surface area contributed by atoms with Crippen molar-refractivity contribution in [3.05, 3.63) is 46.2 Å². The summed E-state index contributed by atoms with van der Waals surface area (Å²) >= 11 is 1.63. The van der Waals surface area contributed by atoms with E-state index in [1.54, 1.807) is 18.4 Å². The number of piperidine rings is 1. The molecule has 1 amide bonds. The van der Waals surface area contributed by atoms with Crippen LogP contribution in [0.4, 0.5) is 5.69 Å². The molecule has 2 aliphatic heterocycles. The number of amides is 1. The molecule has 140 valence electrons. The monoisotopic (exact) mass is 381 g/mol. The molecular formula is C21H23N3O2S. The van der Waals surface area contributed by atoms with E-state index in [4.69, 9.17) is 10.00 Å². The first-order chi connectivity index (χ1) is 13.1. The van der Waals surface area contributed by atoms with Crippen molar-refractivity contribution in [2.45, 2.75) is 24.7 Å². The van der Waals surface area contributed by atoms with E-state index in [1.807, 2.05) is 34.5 Å². The summed E-state index contributed by atoms with van der Waals surface area (Å²) in [4.78, 5) is 18.3. The zero-order valence-corrected chi connectivity index (χ0v) is 16.3. The van der Waals surface area contributed by atoms with Gasteiger partial charge in [-0.1, -0.05) is 6.07 Å². The fraction of sp³-hybridized carbons (Fsp3) is 0.429. The Hall–Kier alpha value is -2.36. The van der Waals surface area contributed by atoms with Crippen LogP contribution in [-0.4, -0.2) is 44.1 Å². The topological polar surface area (TPSA) is 56.6 Å². The van der Waals surface area contributed by atoms with Crippen LogP contribution in [0.1, 0.15) is 23.3 Å². The van der Waals surface area contributed by atoms with Gasteiger partial charge in [0.25, 0.3) is 0 Å². The molecule has 27 heavy (non-hydrogen) atoms. The van der Waals surface area contributed by atoms with Crippen LogP contribution in [0.25, 0.3) is 0 Å². The van der Waals surface area contributed by atoms with Gasteiger partial charge in [0.1, 0.15) is 5.75 Å². The molecule has 0 unspecified atom stereocenters. The van der Waals surface area contributed by atoms with E-state index in [1.165, 1.54) is 5.56 Å². The molecular weight excluding hydrogens is 358 g/mol. The van der Waals surface area contributed by atoms with Gasteiger partial charge in [-0.05, 0) is 48.1 Å². The van der Waals surface area contributed by atoms with Gasteiger partial charge < -0.3 is 9.64 Å². The summed E-state index contributed by atoms with van der Waals surface area (Å²) < 4.78 is 5.46. The third kappa shape index (κ3) is 3.33. The number of benzene rings is 1. The second-order valence-electron chi connectivity index (χ2n) is 7.33. The van der Waals surface area contributed by atoms with Gasteiger partial charge in [-0.3, -0.25) is 9.69 Å². The van der Waals surface area contributed by atoms with Gasteiger partial charge in [-0.15, -0.1) is 11.3 Å². The average Bonchev–Trinajstić information content (AvgIpc) is 3.30. The summed E-state index contributed by atoms with van der Waals surface area (Å²) in [6, 6.07) is 12.3. The maximum absolute atomic E-state index is 13.1. The molecule has 3 heterocycles. The van der Waals surface area contributed by atoms with Crippen molar-refractivity contribution in [3.63, 3.8) is 0 Å². The zero-order chi connectivity index (χ0) is 18.9. The molecule has 1 spiro atoms. The summed E-state index contributed by atoms with van der Waals surface area (Å²) in [6.45, 7) is 2.97. The molecule has 2 aliphatic rings. The molecule has 1 aromatic heterocycles. The lowest BCUT2D eigenvalue weighted by Crippen LogP contribution is -2.46. The maximum Gasteiger partial charge on any atom is 0.232 e. The van der Waals surface area contributed by atoms with Crippen molar-refractivity contribution in [2.75, 3.05) is 38.2 Å². The lowest BCUT2D eigenvalue weighted by Gasteiger charge is -2.39. The summed E-state index contributed by atoms with van der Waals surface area (Å²) in [5, 5.41) is 11.0. The lowest BCUT2D eigenvalue weighted by molar-refractivity contribution is -0.118.